The Balaban J connectivity index is 2.09. The lowest BCUT2D eigenvalue weighted by Gasteiger charge is -2.23. The molecule has 0 spiro atoms. The third kappa shape index (κ3) is 5.02. The summed E-state index contributed by atoms with van der Waals surface area (Å²) in [4.78, 5) is 0. The minimum absolute atomic E-state index is 0.205. The van der Waals surface area contributed by atoms with Gasteiger partial charge in [0.1, 0.15) is 6.17 Å². The standard InChI is InChI=1S/C9H18FNO2S/c10-8(7-14(12)13)6-11-9-4-2-1-3-5-9/h8-9,11H,1-7H2,(H,12,13)/t8-/m0/s1. The van der Waals surface area contributed by atoms with E-state index in [1.807, 2.05) is 0 Å². The maximum Gasteiger partial charge on any atom is 0.155 e. The molecule has 0 heterocycles. The van der Waals surface area contributed by atoms with Gasteiger partial charge in [0, 0.05) is 12.6 Å². The lowest BCUT2D eigenvalue weighted by molar-refractivity contribution is 0.301. The molecule has 1 unspecified atom stereocenters. The van der Waals surface area contributed by atoms with Crippen LogP contribution in [0.1, 0.15) is 32.1 Å². The molecular weight excluding hydrogens is 205 g/mol. The second-order valence-electron chi connectivity index (χ2n) is 3.83. The van der Waals surface area contributed by atoms with Crippen LogP contribution in [0.5, 0.6) is 0 Å². The molecule has 0 saturated heterocycles. The molecule has 14 heavy (non-hydrogen) atoms. The van der Waals surface area contributed by atoms with Crippen molar-refractivity contribution in [1.29, 1.82) is 0 Å². The summed E-state index contributed by atoms with van der Waals surface area (Å²) in [6.07, 6.45) is 4.70. The first-order valence-corrected chi connectivity index (χ1v) is 6.41. The predicted molar refractivity (Wildman–Crippen MR) is 55.4 cm³/mol. The zero-order valence-corrected chi connectivity index (χ0v) is 9.06. The third-order valence-electron chi connectivity index (χ3n) is 2.56. The Morgan fingerprint density at radius 3 is 2.64 bits per heavy atom. The van der Waals surface area contributed by atoms with Crippen molar-refractivity contribution in [2.24, 2.45) is 0 Å². The van der Waals surface area contributed by atoms with Gasteiger partial charge in [-0.3, -0.25) is 0 Å². The highest BCUT2D eigenvalue weighted by Gasteiger charge is 2.15. The molecule has 1 rings (SSSR count). The highest BCUT2D eigenvalue weighted by molar-refractivity contribution is 7.79. The number of hydrogen-bond donors (Lipinski definition) is 2. The van der Waals surface area contributed by atoms with Gasteiger partial charge in [-0.25, -0.2) is 8.60 Å². The summed E-state index contributed by atoms with van der Waals surface area (Å²) in [6, 6.07) is 0.411. The Morgan fingerprint density at radius 1 is 1.43 bits per heavy atom. The maximum atomic E-state index is 13.0. The lowest BCUT2D eigenvalue weighted by Crippen LogP contribution is -2.37. The minimum Gasteiger partial charge on any atom is -0.311 e. The van der Waals surface area contributed by atoms with Crippen molar-refractivity contribution in [2.45, 2.75) is 44.3 Å². The summed E-state index contributed by atoms with van der Waals surface area (Å²) in [6.45, 7) is 0.205. The summed E-state index contributed by atoms with van der Waals surface area (Å²) in [5, 5.41) is 3.11. The molecule has 3 nitrogen and oxygen atoms in total. The molecular formula is C9H18FNO2S. The van der Waals surface area contributed by atoms with Gasteiger partial charge in [0.15, 0.2) is 11.1 Å². The smallest absolute Gasteiger partial charge is 0.155 e. The van der Waals surface area contributed by atoms with Gasteiger partial charge in [-0.1, -0.05) is 19.3 Å². The summed E-state index contributed by atoms with van der Waals surface area (Å²) in [5.74, 6) is -0.278. The van der Waals surface area contributed by atoms with E-state index in [2.05, 4.69) is 5.32 Å². The van der Waals surface area contributed by atoms with Crippen LogP contribution < -0.4 is 5.32 Å². The second-order valence-corrected chi connectivity index (χ2v) is 4.80. The van der Waals surface area contributed by atoms with E-state index in [0.717, 1.165) is 12.8 Å². The SMILES string of the molecule is O=S(O)C[C@@H](F)CNC1CCCCC1. The molecule has 0 aromatic rings. The first-order chi connectivity index (χ1) is 6.68. The zero-order chi connectivity index (χ0) is 10.4. The zero-order valence-electron chi connectivity index (χ0n) is 8.25. The topological polar surface area (TPSA) is 49.3 Å². The lowest BCUT2D eigenvalue weighted by atomic mass is 9.95. The average Bonchev–Trinajstić information content (AvgIpc) is 2.15. The Hall–Kier alpha value is -0.0000000000000000486. The van der Waals surface area contributed by atoms with E-state index in [0.29, 0.717) is 6.04 Å². The summed E-state index contributed by atoms with van der Waals surface area (Å²) >= 11 is -2.02. The van der Waals surface area contributed by atoms with Gasteiger partial charge < -0.3 is 9.87 Å². The number of alkyl halides is 1. The molecule has 2 atom stereocenters. The predicted octanol–water partition coefficient (Wildman–Crippen LogP) is 1.47. The largest absolute Gasteiger partial charge is 0.311 e. The van der Waals surface area contributed by atoms with E-state index < -0.39 is 17.3 Å². The molecule has 2 N–H and O–H groups in total. The van der Waals surface area contributed by atoms with Crippen LogP contribution in [0.4, 0.5) is 4.39 Å². The Bertz CT molecular complexity index is 186. The van der Waals surface area contributed by atoms with Gasteiger partial charge in [0.25, 0.3) is 0 Å². The fraction of sp³-hybridized carbons (Fsp3) is 1.00. The number of halogens is 1. The first kappa shape index (κ1) is 12.1. The molecule has 0 aliphatic heterocycles. The summed E-state index contributed by atoms with van der Waals surface area (Å²) in [5.41, 5.74) is 0. The van der Waals surface area contributed by atoms with Crippen LogP contribution in [0.15, 0.2) is 0 Å². The summed E-state index contributed by atoms with van der Waals surface area (Å²) < 4.78 is 31.8. The van der Waals surface area contributed by atoms with Gasteiger partial charge in [-0.15, -0.1) is 0 Å². The molecule has 84 valence electrons. The fourth-order valence-corrected chi connectivity index (χ4v) is 2.24. The minimum atomic E-state index is -2.02. The van der Waals surface area contributed by atoms with Crippen molar-refractivity contribution >= 4 is 11.1 Å². The average molecular weight is 223 g/mol. The van der Waals surface area contributed by atoms with E-state index in [4.69, 9.17) is 4.55 Å². The normalized spacial score (nSPS) is 23.3. The van der Waals surface area contributed by atoms with Gasteiger partial charge >= 0.3 is 0 Å². The monoisotopic (exact) mass is 223 g/mol. The molecule has 1 aliphatic rings. The van der Waals surface area contributed by atoms with Crippen LogP contribution in [0.25, 0.3) is 0 Å². The molecule has 1 aliphatic carbocycles. The fourth-order valence-electron chi connectivity index (χ4n) is 1.81. The van der Waals surface area contributed by atoms with Crippen molar-refractivity contribution in [2.75, 3.05) is 12.3 Å². The van der Waals surface area contributed by atoms with E-state index in [1.54, 1.807) is 0 Å². The molecule has 1 fully saturated rings. The van der Waals surface area contributed by atoms with Gasteiger partial charge in [-0.05, 0) is 12.8 Å². The van der Waals surface area contributed by atoms with Crippen LogP contribution in [-0.4, -0.2) is 33.3 Å². The highest BCUT2D eigenvalue weighted by atomic mass is 32.2. The summed E-state index contributed by atoms with van der Waals surface area (Å²) in [7, 11) is 0. The molecule has 0 aromatic heterocycles. The van der Waals surface area contributed by atoms with Crippen LogP contribution in [0.3, 0.4) is 0 Å². The molecule has 0 aromatic carbocycles. The van der Waals surface area contributed by atoms with Gasteiger partial charge in [0.2, 0.25) is 0 Å². The van der Waals surface area contributed by atoms with E-state index >= 15 is 0 Å². The first-order valence-electron chi connectivity index (χ1n) is 5.13. The third-order valence-corrected chi connectivity index (χ3v) is 3.20. The molecule has 5 heteroatoms. The number of nitrogens with one attached hydrogen (secondary N) is 1. The van der Waals surface area contributed by atoms with Crippen molar-refractivity contribution in [1.82, 2.24) is 5.32 Å². The van der Waals surface area contributed by atoms with E-state index in [-0.39, 0.29) is 12.3 Å². The van der Waals surface area contributed by atoms with Crippen LogP contribution >= 0.6 is 0 Å². The Kier molecular flexibility index (Phi) is 5.59. The second kappa shape index (κ2) is 6.48. The molecule has 1 saturated carbocycles. The van der Waals surface area contributed by atoms with Crippen LogP contribution in [-0.2, 0) is 11.1 Å². The van der Waals surface area contributed by atoms with Crippen molar-refractivity contribution in [3.63, 3.8) is 0 Å². The highest BCUT2D eigenvalue weighted by Crippen LogP contribution is 2.17. The Morgan fingerprint density at radius 2 is 2.07 bits per heavy atom. The van der Waals surface area contributed by atoms with Crippen LogP contribution in [0, 0.1) is 0 Å². The van der Waals surface area contributed by atoms with E-state index in [1.165, 1.54) is 19.3 Å². The number of hydrogen-bond acceptors (Lipinski definition) is 2. The maximum absolute atomic E-state index is 13.0. The Labute approximate surface area is 86.7 Å². The van der Waals surface area contributed by atoms with Gasteiger partial charge in [0.05, 0.1) is 5.75 Å². The van der Waals surface area contributed by atoms with Gasteiger partial charge in [-0.2, -0.15) is 0 Å². The van der Waals surface area contributed by atoms with Crippen molar-refractivity contribution in [3.05, 3.63) is 0 Å². The molecule has 0 bridgehead atoms. The molecule has 0 radical (unpaired) electrons. The number of rotatable bonds is 5. The quantitative estimate of drug-likeness (QED) is 0.694. The van der Waals surface area contributed by atoms with Crippen molar-refractivity contribution in [3.8, 4) is 0 Å². The van der Waals surface area contributed by atoms with Crippen molar-refractivity contribution < 1.29 is 13.2 Å². The molecule has 0 amide bonds. The van der Waals surface area contributed by atoms with E-state index in [9.17, 15) is 8.60 Å². The van der Waals surface area contributed by atoms with Crippen LogP contribution in [0.2, 0.25) is 0 Å².